The number of rotatable bonds is 4. The zero-order chi connectivity index (χ0) is 18.6. The Kier molecular flexibility index (Phi) is 6.09. The second kappa shape index (κ2) is 7.89. The molecule has 2 N–H and O–H groups in total. The molecule has 0 spiro atoms. The van der Waals surface area contributed by atoms with Crippen LogP contribution in [0.3, 0.4) is 0 Å². The number of halogens is 2. The van der Waals surface area contributed by atoms with Gasteiger partial charge in [0.1, 0.15) is 0 Å². The summed E-state index contributed by atoms with van der Waals surface area (Å²) in [5.74, 6) is -0.726. The van der Waals surface area contributed by atoms with Gasteiger partial charge in [-0.1, -0.05) is 62.2 Å². The van der Waals surface area contributed by atoms with Gasteiger partial charge >= 0.3 is 0 Å². The van der Waals surface area contributed by atoms with Gasteiger partial charge in [0.05, 0.1) is 22.3 Å². The van der Waals surface area contributed by atoms with E-state index < -0.39 is 5.91 Å². The lowest BCUT2D eigenvalue weighted by Crippen LogP contribution is -2.33. The van der Waals surface area contributed by atoms with E-state index in [1.54, 1.807) is 30.3 Å². The highest BCUT2D eigenvalue weighted by atomic mass is 35.5. The number of benzene rings is 2. The number of carbonyl (C=O) groups excluding carboxylic acids is 2. The van der Waals surface area contributed by atoms with E-state index in [2.05, 4.69) is 31.4 Å². The fourth-order valence-corrected chi connectivity index (χ4v) is 2.68. The Balaban J connectivity index is 1.94. The van der Waals surface area contributed by atoms with Crippen LogP contribution in [0, 0.1) is 0 Å². The van der Waals surface area contributed by atoms with Gasteiger partial charge in [0.15, 0.2) is 0 Å². The second-order valence-corrected chi connectivity index (χ2v) is 7.47. The summed E-state index contributed by atoms with van der Waals surface area (Å²) in [7, 11) is 0. The Morgan fingerprint density at radius 2 is 1.52 bits per heavy atom. The van der Waals surface area contributed by atoms with Crippen molar-refractivity contribution in [3.63, 3.8) is 0 Å². The number of nitrogens with one attached hydrogen (secondary N) is 2. The van der Waals surface area contributed by atoms with Crippen molar-refractivity contribution in [2.24, 2.45) is 0 Å². The maximum absolute atomic E-state index is 12.2. The summed E-state index contributed by atoms with van der Waals surface area (Å²) < 4.78 is 0. The van der Waals surface area contributed by atoms with Gasteiger partial charge in [-0.25, -0.2) is 0 Å². The van der Waals surface area contributed by atoms with E-state index in [0.29, 0.717) is 21.3 Å². The average molecular weight is 379 g/mol. The van der Waals surface area contributed by atoms with Crippen LogP contribution in [0.2, 0.25) is 10.0 Å². The fraction of sp³-hybridized carbons (Fsp3) is 0.263. The van der Waals surface area contributed by atoms with Crippen molar-refractivity contribution in [1.29, 1.82) is 0 Å². The number of para-hydroxylation sites is 1. The predicted molar refractivity (Wildman–Crippen MR) is 103 cm³/mol. The van der Waals surface area contributed by atoms with Crippen LogP contribution in [-0.2, 0) is 10.2 Å². The predicted octanol–water partition coefficient (Wildman–Crippen LogP) is 4.66. The number of anilines is 1. The number of amides is 2. The van der Waals surface area contributed by atoms with Crippen LogP contribution >= 0.6 is 23.2 Å². The fourth-order valence-electron chi connectivity index (χ4n) is 2.19. The summed E-state index contributed by atoms with van der Waals surface area (Å²) in [6.45, 7) is 6.13. The van der Waals surface area contributed by atoms with E-state index in [0.717, 1.165) is 5.56 Å². The minimum absolute atomic E-state index is 0.0170. The molecule has 0 heterocycles. The zero-order valence-corrected chi connectivity index (χ0v) is 15.8. The topological polar surface area (TPSA) is 58.2 Å². The average Bonchev–Trinajstić information content (AvgIpc) is 2.55. The summed E-state index contributed by atoms with van der Waals surface area (Å²) in [5, 5.41) is 5.85. The molecule has 6 heteroatoms. The molecule has 0 unspecified atom stereocenters. The van der Waals surface area contributed by atoms with Crippen molar-refractivity contribution in [3.05, 3.63) is 63.6 Å². The lowest BCUT2D eigenvalue weighted by Gasteiger charge is -2.19. The third-order valence-corrected chi connectivity index (χ3v) is 4.28. The van der Waals surface area contributed by atoms with Crippen LogP contribution in [0.4, 0.5) is 5.69 Å². The van der Waals surface area contributed by atoms with Gasteiger partial charge in [-0.3, -0.25) is 9.59 Å². The first-order valence-corrected chi connectivity index (χ1v) is 8.56. The molecule has 2 aromatic carbocycles. The van der Waals surface area contributed by atoms with Crippen LogP contribution in [0.1, 0.15) is 36.7 Å². The third-order valence-electron chi connectivity index (χ3n) is 3.65. The van der Waals surface area contributed by atoms with Crippen LogP contribution in [0.5, 0.6) is 0 Å². The lowest BCUT2D eigenvalue weighted by atomic mass is 9.87. The van der Waals surface area contributed by atoms with Gasteiger partial charge in [0.2, 0.25) is 5.91 Å². The Hall–Kier alpha value is -2.04. The van der Waals surface area contributed by atoms with E-state index >= 15 is 0 Å². The monoisotopic (exact) mass is 378 g/mol. The minimum atomic E-state index is -0.408. The van der Waals surface area contributed by atoms with Crippen molar-refractivity contribution >= 4 is 40.7 Å². The maximum atomic E-state index is 12.2. The largest absolute Gasteiger partial charge is 0.343 e. The third kappa shape index (κ3) is 5.21. The number of hydrogen-bond acceptors (Lipinski definition) is 2. The first-order valence-electron chi connectivity index (χ1n) is 7.81. The molecule has 25 heavy (non-hydrogen) atoms. The minimum Gasteiger partial charge on any atom is -0.343 e. The van der Waals surface area contributed by atoms with Gasteiger partial charge in [-0.05, 0) is 35.2 Å². The Morgan fingerprint density at radius 3 is 2.04 bits per heavy atom. The molecule has 0 fully saturated rings. The quantitative estimate of drug-likeness (QED) is 0.812. The van der Waals surface area contributed by atoms with E-state index in [9.17, 15) is 9.59 Å². The first kappa shape index (κ1) is 19.3. The highest BCUT2D eigenvalue weighted by Gasteiger charge is 2.15. The van der Waals surface area contributed by atoms with E-state index in [-0.39, 0.29) is 17.9 Å². The molecule has 2 amide bonds. The summed E-state index contributed by atoms with van der Waals surface area (Å²) in [6.07, 6.45) is 0. The van der Waals surface area contributed by atoms with Crippen molar-refractivity contribution < 1.29 is 9.59 Å². The van der Waals surface area contributed by atoms with Crippen LogP contribution in [0.15, 0.2) is 42.5 Å². The molecule has 0 atom stereocenters. The standard InChI is InChI=1S/C19H20Cl2N2O2/c1-19(2,3)13-9-7-12(8-10-13)18(25)22-11-16(24)23-17-14(20)5-4-6-15(17)21/h4-10H,11H2,1-3H3,(H,22,25)(H,23,24). The molecule has 0 radical (unpaired) electrons. The molecule has 0 saturated carbocycles. The van der Waals surface area contributed by atoms with Crippen molar-refractivity contribution in [1.82, 2.24) is 5.32 Å². The normalized spacial score (nSPS) is 11.1. The lowest BCUT2D eigenvalue weighted by molar-refractivity contribution is -0.115. The van der Waals surface area contributed by atoms with Crippen LogP contribution in [-0.4, -0.2) is 18.4 Å². The molecule has 0 aliphatic rings. The first-order chi connectivity index (χ1) is 11.7. The van der Waals surface area contributed by atoms with Crippen molar-refractivity contribution in [2.75, 3.05) is 11.9 Å². The van der Waals surface area contributed by atoms with Crippen LogP contribution in [0.25, 0.3) is 0 Å². The summed E-state index contributed by atoms with van der Waals surface area (Å²) in [6, 6.07) is 12.3. The zero-order valence-electron chi connectivity index (χ0n) is 14.3. The highest BCUT2D eigenvalue weighted by Crippen LogP contribution is 2.29. The van der Waals surface area contributed by atoms with Gasteiger partial charge in [-0.15, -0.1) is 0 Å². The van der Waals surface area contributed by atoms with Crippen molar-refractivity contribution in [2.45, 2.75) is 26.2 Å². The molecule has 2 aromatic rings. The maximum Gasteiger partial charge on any atom is 0.251 e. The van der Waals surface area contributed by atoms with Gasteiger partial charge in [-0.2, -0.15) is 0 Å². The highest BCUT2D eigenvalue weighted by molar-refractivity contribution is 6.39. The Morgan fingerprint density at radius 1 is 0.960 bits per heavy atom. The summed E-state index contributed by atoms with van der Waals surface area (Å²) in [5.41, 5.74) is 1.98. The molecule has 0 aliphatic heterocycles. The Labute approximate surface area is 157 Å². The number of carbonyl (C=O) groups is 2. The van der Waals surface area contributed by atoms with E-state index in [1.807, 2.05) is 12.1 Å². The molecule has 132 valence electrons. The summed E-state index contributed by atoms with van der Waals surface area (Å²) in [4.78, 5) is 24.1. The molecule has 4 nitrogen and oxygen atoms in total. The van der Waals surface area contributed by atoms with E-state index in [1.165, 1.54) is 0 Å². The molecule has 0 bridgehead atoms. The van der Waals surface area contributed by atoms with Gasteiger partial charge in [0.25, 0.3) is 5.91 Å². The number of hydrogen-bond donors (Lipinski definition) is 2. The molecular weight excluding hydrogens is 359 g/mol. The molecule has 0 aromatic heterocycles. The van der Waals surface area contributed by atoms with Gasteiger partial charge in [0, 0.05) is 5.56 Å². The molecule has 2 rings (SSSR count). The van der Waals surface area contributed by atoms with Crippen molar-refractivity contribution in [3.8, 4) is 0 Å². The summed E-state index contributed by atoms with van der Waals surface area (Å²) >= 11 is 12.0. The smallest absolute Gasteiger partial charge is 0.251 e. The molecular formula is C19H20Cl2N2O2. The van der Waals surface area contributed by atoms with Crippen LogP contribution < -0.4 is 10.6 Å². The van der Waals surface area contributed by atoms with E-state index in [4.69, 9.17) is 23.2 Å². The second-order valence-electron chi connectivity index (χ2n) is 6.65. The molecule has 0 saturated heterocycles. The Bertz CT molecular complexity index is 761. The SMILES string of the molecule is CC(C)(C)c1ccc(C(=O)NCC(=O)Nc2c(Cl)cccc2Cl)cc1. The van der Waals surface area contributed by atoms with Gasteiger partial charge < -0.3 is 10.6 Å². The molecule has 0 aliphatic carbocycles.